The molecule has 0 spiro atoms. The molecule has 0 heterocycles. The standard InChI is InChI=1S/C4H10O.C3H10OSi.2H2O.Ti/c1-3-4(2)5;1-5(2,3)4;;;/h4-5H,3H2,1-2H3;4H,1-3H3;2*1H2;. The third kappa shape index (κ3) is 193. The first kappa shape index (κ1) is 29.2. The molecule has 0 aromatic carbocycles. The van der Waals surface area contributed by atoms with E-state index >= 15 is 0 Å². The molecule has 0 fully saturated rings. The van der Waals surface area contributed by atoms with E-state index < -0.39 is 8.32 Å². The summed E-state index contributed by atoms with van der Waals surface area (Å²) in [7, 11) is -1.61. The zero-order chi connectivity index (χ0) is 8.78. The minimum Gasteiger partial charge on any atom is -0.433 e. The van der Waals surface area contributed by atoms with Crippen LogP contribution in [-0.2, 0) is 21.7 Å². The van der Waals surface area contributed by atoms with Gasteiger partial charge in [0, 0.05) is 21.7 Å². The van der Waals surface area contributed by atoms with Gasteiger partial charge >= 0.3 is 0 Å². The average Bonchev–Trinajstić information content (AvgIpc) is 1.61. The van der Waals surface area contributed by atoms with Crippen LogP contribution >= 0.6 is 0 Å². The second-order valence-corrected chi connectivity index (χ2v) is 7.77. The van der Waals surface area contributed by atoms with Crippen LogP contribution in [0.3, 0.4) is 0 Å². The molecule has 0 aliphatic heterocycles. The van der Waals surface area contributed by atoms with Gasteiger partial charge in [-0.3, -0.25) is 0 Å². The molecule has 0 amide bonds. The maximum atomic E-state index is 8.66. The molecule has 0 aromatic rings. The van der Waals surface area contributed by atoms with Crippen molar-refractivity contribution < 1.29 is 42.6 Å². The smallest absolute Gasteiger partial charge is 0.179 e. The molecule has 0 saturated heterocycles. The van der Waals surface area contributed by atoms with Crippen LogP contribution < -0.4 is 0 Å². The minimum atomic E-state index is -1.61. The molecule has 0 radical (unpaired) electrons. The summed E-state index contributed by atoms with van der Waals surface area (Å²) in [6.45, 7) is 9.37. The van der Waals surface area contributed by atoms with Gasteiger partial charge in [-0.15, -0.1) is 0 Å². The van der Waals surface area contributed by atoms with Gasteiger partial charge in [0.2, 0.25) is 0 Å². The van der Waals surface area contributed by atoms with E-state index in [0.29, 0.717) is 0 Å². The predicted molar refractivity (Wildman–Crippen MR) is 54.8 cm³/mol. The number of hydrogen-bond acceptors (Lipinski definition) is 2. The van der Waals surface area contributed by atoms with Crippen LogP contribution in [0.5, 0.6) is 0 Å². The van der Waals surface area contributed by atoms with Gasteiger partial charge in [-0.2, -0.15) is 0 Å². The van der Waals surface area contributed by atoms with Crippen molar-refractivity contribution in [1.29, 1.82) is 0 Å². The van der Waals surface area contributed by atoms with Crippen LogP contribution in [0.25, 0.3) is 0 Å². The van der Waals surface area contributed by atoms with Gasteiger partial charge in [0.05, 0.1) is 6.10 Å². The number of aliphatic hydroxyl groups is 1. The third-order valence-corrected chi connectivity index (χ3v) is 0.591. The minimum absolute atomic E-state index is 0. The Bertz CT molecular complexity index is 69.4. The molecule has 0 bridgehead atoms. The van der Waals surface area contributed by atoms with Gasteiger partial charge in [-0.25, -0.2) is 0 Å². The maximum Gasteiger partial charge on any atom is 0.179 e. The first-order valence-corrected chi connectivity index (χ1v) is 7.12. The Morgan fingerprint density at radius 2 is 1.23 bits per heavy atom. The molecule has 0 aliphatic rings. The van der Waals surface area contributed by atoms with E-state index in [1.807, 2.05) is 26.6 Å². The molecule has 4 nitrogen and oxygen atoms in total. The van der Waals surface area contributed by atoms with E-state index in [2.05, 4.69) is 0 Å². The Morgan fingerprint density at radius 3 is 1.23 bits per heavy atom. The summed E-state index contributed by atoms with van der Waals surface area (Å²) in [5.41, 5.74) is 0. The van der Waals surface area contributed by atoms with E-state index in [4.69, 9.17) is 9.90 Å². The van der Waals surface area contributed by atoms with Gasteiger partial charge in [-0.05, 0) is 33.0 Å². The fourth-order valence-corrected chi connectivity index (χ4v) is 0. The Labute approximate surface area is 97.0 Å². The summed E-state index contributed by atoms with van der Waals surface area (Å²) < 4.78 is 0. The van der Waals surface area contributed by atoms with Crippen molar-refractivity contribution in [3.63, 3.8) is 0 Å². The number of rotatable bonds is 1. The molecule has 84 valence electrons. The van der Waals surface area contributed by atoms with Crippen molar-refractivity contribution in [1.82, 2.24) is 0 Å². The summed E-state index contributed by atoms with van der Waals surface area (Å²) in [6, 6.07) is 0. The third-order valence-electron chi connectivity index (χ3n) is 0.591. The number of hydrogen-bond donors (Lipinski definition) is 2. The second kappa shape index (κ2) is 15.3. The topological polar surface area (TPSA) is 103 Å². The zero-order valence-electron chi connectivity index (χ0n) is 9.18. The first-order valence-electron chi connectivity index (χ1n) is 3.67. The van der Waals surface area contributed by atoms with Crippen LogP contribution in [0.2, 0.25) is 19.6 Å². The molecule has 1 unspecified atom stereocenters. The van der Waals surface area contributed by atoms with Crippen molar-refractivity contribution in [2.75, 3.05) is 0 Å². The fraction of sp³-hybridized carbons (Fsp3) is 1.00. The molecule has 1 atom stereocenters. The Morgan fingerprint density at radius 1 is 1.15 bits per heavy atom. The molecule has 6 heteroatoms. The molecule has 6 N–H and O–H groups in total. The summed E-state index contributed by atoms with van der Waals surface area (Å²) in [5.74, 6) is 0. The van der Waals surface area contributed by atoms with Crippen LogP contribution in [0.4, 0.5) is 0 Å². The van der Waals surface area contributed by atoms with E-state index in [1.54, 1.807) is 6.92 Å². The molecule has 0 aromatic heterocycles. The van der Waals surface area contributed by atoms with E-state index in [9.17, 15) is 0 Å². The monoisotopic (exact) mass is 248 g/mol. The fourth-order valence-electron chi connectivity index (χ4n) is 0. The SMILES string of the molecule is CCC(C)O.C[Si](C)(C)O.O.O.[Ti]. The van der Waals surface area contributed by atoms with Crippen LogP contribution in [0.1, 0.15) is 20.3 Å². The Balaban J connectivity index is -0.0000000267. The predicted octanol–water partition coefficient (Wildman–Crippen LogP) is -0.0611. The zero-order valence-corrected chi connectivity index (χ0v) is 11.7. The molecule has 0 saturated carbocycles. The second-order valence-electron chi connectivity index (χ2n) is 3.43. The summed E-state index contributed by atoms with van der Waals surface area (Å²) in [6.07, 6.45) is 0.745. The average molecular weight is 248 g/mol. The quantitative estimate of drug-likeness (QED) is 0.634. The van der Waals surface area contributed by atoms with Gasteiger partial charge in [0.15, 0.2) is 8.32 Å². The van der Waals surface area contributed by atoms with Crippen molar-refractivity contribution in [2.24, 2.45) is 0 Å². The van der Waals surface area contributed by atoms with E-state index in [-0.39, 0.29) is 38.8 Å². The van der Waals surface area contributed by atoms with Gasteiger partial charge in [-0.1, -0.05) is 6.92 Å². The number of aliphatic hydroxyl groups excluding tert-OH is 1. The van der Waals surface area contributed by atoms with Crippen molar-refractivity contribution in [2.45, 2.75) is 46.0 Å². The van der Waals surface area contributed by atoms with E-state index in [1.165, 1.54) is 0 Å². The van der Waals surface area contributed by atoms with Crippen LogP contribution in [0, 0.1) is 0 Å². The van der Waals surface area contributed by atoms with Gasteiger partial charge in [0.1, 0.15) is 0 Å². The van der Waals surface area contributed by atoms with Crippen molar-refractivity contribution >= 4 is 8.32 Å². The summed E-state index contributed by atoms with van der Waals surface area (Å²) in [4.78, 5) is 8.66. The van der Waals surface area contributed by atoms with E-state index in [0.717, 1.165) is 6.42 Å². The van der Waals surface area contributed by atoms with Gasteiger partial charge in [0.25, 0.3) is 0 Å². The van der Waals surface area contributed by atoms with Crippen LogP contribution in [0.15, 0.2) is 0 Å². The molecular formula is C7H24O4SiTi. The van der Waals surface area contributed by atoms with Crippen molar-refractivity contribution in [3.8, 4) is 0 Å². The maximum absolute atomic E-state index is 8.66. The largest absolute Gasteiger partial charge is 0.433 e. The van der Waals surface area contributed by atoms with Crippen LogP contribution in [-0.4, -0.2) is 35.3 Å². The summed E-state index contributed by atoms with van der Waals surface area (Å²) >= 11 is 0. The Kier molecular flexibility index (Phi) is 34.3. The van der Waals surface area contributed by atoms with Gasteiger partial charge < -0.3 is 20.9 Å². The summed E-state index contributed by atoms with van der Waals surface area (Å²) in [5, 5.41) is 8.36. The molecule has 13 heavy (non-hydrogen) atoms. The van der Waals surface area contributed by atoms with Crippen molar-refractivity contribution in [3.05, 3.63) is 0 Å². The normalized spacial score (nSPS) is 10.4. The molecular weight excluding hydrogens is 224 g/mol. The Hall–Kier alpha value is 0.771. The first-order chi connectivity index (χ1) is 4.27. The molecule has 0 rings (SSSR count). The molecule has 0 aliphatic carbocycles.